The van der Waals surface area contributed by atoms with Gasteiger partial charge in [0.2, 0.25) is 5.91 Å². The minimum absolute atomic E-state index is 0.0238. The highest BCUT2D eigenvalue weighted by Crippen LogP contribution is 2.31. The molecule has 1 aromatic heterocycles. The number of hydrogen-bond donors (Lipinski definition) is 1. The van der Waals surface area contributed by atoms with E-state index >= 15 is 0 Å². The standard InChI is InChI=1S/C23H26N4O2S/c1-15(22(28)24-20-10-6-8-16-7-4-5-9-19(16)20)30-23-26-25-21(27(23)2)17-11-13-18(29-3)14-12-17/h4-5,7,9,11-15,20H,6,8,10H2,1-3H3,(H,24,28)/t15-,20+/m0/s1. The highest BCUT2D eigenvalue weighted by Gasteiger charge is 2.25. The first-order chi connectivity index (χ1) is 14.6. The molecule has 0 unspecified atom stereocenters. The van der Waals surface area contributed by atoms with E-state index in [9.17, 15) is 4.79 Å². The molecule has 1 N–H and O–H groups in total. The number of nitrogens with zero attached hydrogens (tertiary/aromatic N) is 3. The first kappa shape index (κ1) is 20.5. The van der Waals surface area contributed by atoms with Crippen LogP contribution in [0, 0.1) is 0 Å². The van der Waals surface area contributed by atoms with Gasteiger partial charge in [0, 0.05) is 12.6 Å². The fraction of sp³-hybridized carbons (Fsp3) is 0.348. The lowest BCUT2D eigenvalue weighted by Crippen LogP contribution is -2.36. The normalized spacial score (nSPS) is 16.6. The van der Waals surface area contributed by atoms with E-state index in [2.05, 4.69) is 33.7 Å². The van der Waals surface area contributed by atoms with Gasteiger partial charge in [-0.2, -0.15) is 0 Å². The van der Waals surface area contributed by atoms with Gasteiger partial charge < -0.3 is 14.6 Å². The number of fused-ring (bicyclic) bond motifs is 1. The molecule has 1 heterocycles. The van der Waals surface area contributed by atoms with E-state index in [0.29, 0.717) is 5.16 Å². The molecule has 3 aromatic rings. The van der Waals surface area contributed by atoms with E-state index < -0.39 is 0 Å². The number of hydrogen-bond acceptors (Lipinski definition) is 5. The molecule has 1 aliphatic rings. The number of methoxy groups -OCH3 is 1. The zero-order valence-corrected chi connectivity index (χ0v) is 18.3. The summed E-state index contributed by atoms with van der Waals surface area (Å²) in [5, 5.41) is 12.3. The van der Waals surface area contributed by atoms with Crippen molar-refractivity contribution in [3.63, 3.8) is 0 Å². The summed E-state index contributed by atoms with van der Waals surface area (Å²) >= 11 is 1.42. The van der Waals surface area contributed by atoms with Crippen molar-refractivity contribution in [2.45, 2.75) is 42.6 Å². The van der Waals surface area contributed by atoms with Crippen LogP contribution in [-0.2, 0) is 18.3 Å². The Morgan fingerprint density at radius 2 is 1.97 bits per heavy atom. The second-order valence-electron chi connectivity index (χ2n) is 7.51. The van der Waals surface area contributed by atoms with Gasteiger partial charge in [0.1, 0.15) is 5.75 Å². The fourth-order valence-electron chi connectivity index (χ4n) is 3.81. The third-order valence-corrected chi connectivity index (χ3v) is 6.65. The predicted octanol–water partition coefficient (Wildman–Crippen LogP) is 4.17. The van der Waals surface area contributed by atoms with Crippen molar-refractivity contribution in [2.24, 2.45) is 7.05 Å². The largest absolute Gasteiger partial charge is 0.497 e. The van der Waals surface area contributed by atoms with E-state index in [1.807, 2.05) is 48.9 Å². The van der Waals surface area contributed by atoms with Gasteiger partial charge in [-0.25, -0.2) is 0 Å². The molecule has 30 heavy (non-hydrogen) atoms. The van der Waals surface area contributed by atoms with Crippen molar-refractivity contribution in [1.82, 2.24) is 20.1 Å². The number of aryl methyl sites for hydroxylation is 1. The fourth-order valence-corrected chi connectivity index (χ4v) is 4.64. The lowest BCUT2D eigenvalue weighted by Gasteiger charge is -2.27. The van der Waals surface area contributed by atoms with Gasteiger partial charge in [-0.05, 0) is 61.6 Å². The molecular weight excluding hydrogens is 396 g/mol. The molecule has 1 amide bonds. The monoisotopic (exact) mass is 422 g/mol. The van der Waals surface area contributed by atoms with E-state index in [1.165, 1.54) is 22.9 Å². The molecule has 4 rings (SSSR count). The molecular formula is C23H26N4O2S. The quantitative estimate of drug-likeness (QED) is 0.604. The van der Waals surface area contributed by atoms with Gasteiger partial charge in [-0.1, -0.05) is 36.0 Å². The zero-order chi connectivity index (χ0) is 21.1. The number of carbonyl (C=O) groups is 1. The molecule has 0 saturated heterocycles. The van der Waals surface area contributed by atoms with Crippen LogP contribution in [0.5, 0.6) is 5.75 Å². The number of rotatable bonds is 6. The van der Waals surface area contributed by atoms with E-state index in [1.54, 1.807) is 7.11 Å². The summed E-state index contributed by atoms with van der Waals surface area (Å²) in [7, 11) is 3.56. The molecule has 0 saturated carbocycles. The first-order valence-electron chi connectivity index (χ1n) is 10.2. The van der Waals surface area contributed by atoms with Crippen molar-refractivity contribution >= 4 is 17.7 Å². The second-order valence-corrected chi connectivity index (χ2v) is 8.81. The molecule has 2 aromatic carbocycles. The first-order valence-corrected chi connectivity index (χ1v) is 11.0. The van der Waals surface area contributed by atoms with Gasteiger partial charge in [0.25, 0.3) is 0 Å². The maximum atomic E-state index is 12.9. The predicted molar refractivity (Wildman–Crippen MR) is 119 cm³/mol. The van der Waals surface area contributed by atoms with Crippen LogP contribution in [-0.4, -0.2) is 33.0 Å². The summed E-state index contributed by atoms with van der Waals surface area (Å²) in [6.45, 7) is 1.91. The van der Waals surface area contributed by atoms with Crippen LogP contribution in [0.15, 0.2) is 53.7 Å². The zero-order valence-electron chi connectivity index (χ0n) is 17.5. The molecule has 0 spiro atoms. The molecule has 7 heteroatoms. The van der Waals surface area contributed by atoms with Crippen LogP contribution in [0.3, 0.4) is 0 Å². The van der Waals surface area contributed by atoms with E-state index in [-0.39, 0.29) is 17.2 Å². The van der Waals surface area contributed by atoms with Crippen LogP contribution in [0.4, 0.5) is 0 Å². The number of carbonyl (C=O) groups excluding carboxylic acids is 1. The summed E-state index contributed by atoms with van der Waals surface area (Å²) in [5.41, 5.74) is 3.54. The molecule has 0 bridgehead atoms. The molecule has 0 aliphatic heterocycles. The Labute approximate surface area is 181 Å². The van der Waals surface area contributed by atoms with Gasteiger partial charge in [0.05, 0.1) is 18.4 Å². The van der Waals surface area contributed by atoms with E-state index in [0.717, 1.165) is 36.4 Å². The number of nitrogens with one attached hydrogen (secondary N) is 1. The van der Waals surface area contributed by atoms with Crippen molar-refractivity contribution in [3.8, 4) is 17.1 Å². The Bertz CT molecular complexity index is 1030. The van der Waals surface area contributed by atoms with Crippen LogP contribution in [0.1, 0.15) is 36.9 Å². The Kier molecular flexibility index (Phi) is 6.08. The van der Waals surface area contributed by atoms with Gasteiger partial charge in [0.15, 0.2) is 11.0 Å². The average Bonchev–Trinajstić information content (AvgIpc) is 3.14. The van der Waals surface area contributed by atoms with Crippen molar-refractivity contribution in [3.05, 3.63) is 59.7 Å². The summed E-state index contributed by atoms with van der Waals surface area (Å²) in [6.07, 6.45) is 3.16. The highest BCUT2D eigenvalue weighted by atomic mass is 32.2. The number of benzene rings is 2. The number of thioether (sulfide) groups is 1. The molecule has 0 fully saturated rings. The lowest BCUT2D eigenvalue weighted by atomic mass is 9.88. The van der Waals surface area contributed by atoms with Crippen LogP contribution >= 0.6 is 11.8 Å². The Morgan fingerprint density at radius 1 is 1.20 bits per heavy atom. The van der Waals surface area contributed by atoms with Crippen LogP contribution < -0.4 is 10.1 Å². The third kappa shape index (κ3) is 4.21. The minimum Gasteiger partial charge on any atom is -0.497 e. The van der Waals surface area contributed by atoms with Crippen molar-refractivity contribution in [1.29, 1.82) is 0 Å². The highest BCUT2D eigenvalue weighted by molar-refractivity contribution is 8.00. The molecule has 2 atom stereocenters. The Balaban J connectivity index is 1.43. The minimum atomic E-state index is -0.272. The molecule has 6 nitrogen and oxygen atoms in total. The van der Waals surface area contributed by atoms with Gasteiger partial charge in [-0.15, -0.1) is 10.2 Å². The topological polar surface area (TPSA) is 69.0 Å². The van der Waals surface area contributed by atoms with Crippen molar-refractivity contribution in [2.75, 3.05) is 7.11 Å². The second kappa shape index (κ2) is 8.92. The summed E-state index contributed by atoms with van der Waals surface area (Å²) < 4.78 is 7.14. The maximum absolute atomic E-state index is 12.9. The Morgan fingerprint density at radius 3 is 2.73 bits per heavy atom. The lowest BCUT2D eigenvalue weighted by molar-refractivity contribution is -0.121. The molecule has 0 radical (unpaired) electrons. The average molecular weight is 423 g/mol. The maximum Gasteiger partial charge on any atom is 0.233 e. The van der Waals surface area contributed by atoms with Crippen LogP contribution in [0.2, 0.25) is 0 Å². The van der Waals surface area contributed by atoms with Gasteiger partial charge in [-0.3, -0.25) is 4.79 Å². The SMILES string of the molecule is COc1ccc(-c2nnc(S[C@@H](C)C(=O)N[C@@H]3CCCc4ccccc43)n2C)cc1. The summed E-state index contributed by atoms with van der Waals surface area (Å²) in [6, 6.07) is 16.2. The van der Waals surface area contributed by atoms with Gasteiger partial charge >= 0.3 is 0 Å². The Hall–Kier alpha value is -2.80. The smallest absolute Gasteiger partial charge is 0.233 e. The molecule has 1 aliphatic carbocycles. The summed E-state index contributed by atoms with van der Waals surface area (Å²) in [4.78, 5) is 12.9. The third-order valence-electron chi connectivity index (χ3n) is 5.52. The summed E-state index contributed by atoms with van der Waals surface area (Å²) in [5.74, 6) is 1.58. The number of amides is 1. The van der Waals surface area contributed by atoms with Crippen LogP contribution in [0.25, 0.3) is 11.4 Å². The number of ether oxygens (including phenoxy) is 1. The van der Waals surface area contributed by atoms with E-state index in [4.69, 9.17) is 4.74 Å². The number of aromatic nitrogens is 3. The molecule has 156 valence electrons. The van der Waals surface area contributed by atoms with Crippen molar-refractivity contribution < 1.29 is 9.53 Å².